The first-order valence-corrected chi connectivity index (χ1v) is 8.50. The molecule has 1 N–H and O–H groups in total. The third-order valence-corrected chi connectivity index (χ3v) is 5.45. The normalized spacial score (nSPS) is 21.7. The molecule has 1 heterocycles. The van der Waals surface area contributed by atoms with Gasteiger partial charge in [0.05, 0.1) is 15.8 Å². The van der Waals surface area contributed by atoms with Crippen molar-refractivity contribution in [2.75, 3.05) is 12.3 Å². The summed E-state index contributed by atoms with van der Waals surface area (Å²) in [5.41, 5.74) is 0.888. The highest BCUT2D eigenvalue weighted by Crippen LogP contribution is 2.40. The van der Waals surface area contributed by atoms with Crippen LogP contribution in [0.25, 0.3) is 0 Å². The molecule has 1 aliphatic carbocycles. The predicted octanol–water partition coefficient (Wildman–Crippen LogP) is 2.85. The topological polar surface area (TPSA) is 49.4 Å². The molecule has 1 atom stereocenters. The number of nitrogens with zero attached hydrogens (tertiary/aromatic N) is 1. The summed E-state index contributed by atoms with van der Waals surface area (Å²) in [5, 5.41) is 3.66. The van der Waals surface area contributed by atoms with E-state index in [-0.39, 0.29) is 23.7 Å². The number of hydrogen-bond acceptors (Lipinski definition) is 3. The average molecular weight is 345 g/mol. The van der Waals surface area contributed by atoms with Crippen LogP contribution < -0.4 is 5.32 Å². The van der Waals surface area contributed by atoms with E-state index in [9.17, 15) is 9.59 Å². The Labute approximate surface area is 137 Å². The first kappa shape index (κ1) is 15.0. The number of hydrogen-bond donors (Lipinski definition) is 1. The molecule has 0 radical (unpaired) electrons. The third-order valence-electron chi connectivity index (χ3n) is 3.45. The van der Waals surface area contributed by atoms with Crippen molar-refractivity contribution in [2.24, 2.45) is 0 Å². The molecule has 1 aromatic rings. The van der Waals surface area contributed by atoms with Crippen molar-refractivity contribution in [2.45, 2.75) is 24.3 Å². The number of benzene rings is 1. The summed E-state index contributed by atoms with van der Waals surface area (Å²) in [7, 11) is 0. The number of carbonyl (C=O) groups is 2. The van der Waals surface area contributed by atoms with Crippen LogP contribution in [0, 0.1) is 0 Å². The van der Waals surface area contributed by atoms with Gasteiger partial charge in [-0.1, -0.05) is 29.3 Å². The molecule has 1 unspecified atom stereocenters. The van der Waals surface area contributed by atoms with Crippen LogP contribution in [0.1, 0.15) is 23.8 Å². The molecule has 1 aromatic carbocycles. The standard InChI is InChI=1S/C14H14Cl2N2O2S/c15-10-4-1-8(5-11(10)16)14-18(13(20)7-21-14)6-12(19)17-9-2-3-9/h1,4-5,9,14H,2-3,6-7H2,(H,17,19). The van der Waals surface area contributed by atoms with E-state index in [2.05, 4.69) is 5.32 Å². The maximum absolute atomic E-state index is 12.0. The zero-order valence-corrected chi connectivity index (χ0v) is 13.5. The predicted molar refractivity (Wildman–Crippen MR) is 84.5 cm³/mol. The highest BCUT2D eigenvalue weighted by molar-refractivity contribution is 8.00. The summed E-state index contributed by atoms with van der Waals surface area (Å²) in [4.78, 5) is 25.5. The zero-order chi connectivity index (χ0) is 15.0. The van der Waals surface area contributed by atoms with Gasteiger partial charge < -0.3 is 10.2 Å². The van der Waals surface area contributed by atoms with Gasteiger partial charge >= 0.3 is 0 Å². The lowest BCUT2D eigenvalue weighted by Gasteiger charge is -2.24. The van der Waals surface area contributed by atoms with Crippen molar-refractivity contribution in [3.8, 4) is 0 Å². The molecule has 0 bridgehead atoms. The van der Waals surface area contributed by atoms with Crippen LogP contribution in [0.5, 0.6) is 0 Å². The minimum atomic E-state index is -0.183. The largest absolute Gasteiger partial charge is 0.352 e. The van der Waals surface area contributed by atoms with E-state index in [0.717, 1.165) is 18.4 Å². The zero-order valence-electron chi connectivity index (χ0n) is 11.1. The summed E-state index contributed by atoms with van der Waals surface area (Å²) >= 11 is 13.5. The van der Waals surface area contributed by atoms with Crippen molar-refractivity contribution in [3.05, 3.63) is 33.8 Å². The fraction of sp³-hybridized carbons (Fsp3) is 0.429. The summed E-state index contributed by atoms with van der Waals surface area (Å²) in [6.45, 7) is 0.0905. The number of amides is 2. The quantitative estimate of drug-likeness (QED) is 0.913. The van der Waals surface area contributed by atoms with Gasteiger partial charge in [-0.05, 0) is 30.5 Å². The van der Waals surface area contributed by atoms with E-state index in [1.165, 1.54) is 11.8 Å². The van der Waals surface area contributed by atoms with Crippen LogP contribution in [0.3, 0.4) is 0 Å². The Bertz CT molecular complexity index is 592. The molecule has 4 nitrogen and oxygen atoms in total. The molecule has 0 spiro atoms. The van der Waals surface area contributed by atoms with Crippen molar-refractivity contribution in [1.29, 1.82) is 0 Å². The summed E-state index contributed by atoms with van der Waals surface area (Å²) in [6.07, 6.45) is 2.06. The molecule has 21 heavy (non-hydrogen) atoms. The van der Waals surface area contributed by atoms with Crippen LogP contribution in [0.2, 0.25) is 10.0 Å². The molecule has 3 rings (SSSR count). The summed E-state index contributed by atoms with van der Waals surface area (Å²) < 4.78 is 0. The van der Waals surface area contributed by atoms with Crippen LogP contribution in [0.4, 0.5) is 0 Å². The van der Waals surface area contributed by atoms with Crippen molar-refractivity contribution in [1.82, 2.24) is 10.2 Å². The average Bonchev–Trinajstić information content (AvgIpc) is 3.18. The van der Waals surface area contributed by atoms with E-state index in [4.69, 9.17) is 23.2 Å². The molecule has 2 fully saturated rings. The van der Waals surface area contributed by atoms with Gasteiger partial charge in [-0.15, -0.1) is 11.8 Å². The van der Waals surface area contributed by atoms with Crippen LogP contribution in [-0.4, -0.2) is 35.1 Å². The molecular weight excluding hydrogens is 331 g/mol. The van der Waals surface area contributed by atoms with E-state index in [0.29, 0.717) is 21.8 Å². The summed E-state index contributed by atoms with van der Waals surface area (Å²) in [5.74, 6) is 0.252. The number of thioether (sulfide) groups is 1. The van der Waals surface area contributed by atoms with Crippen LogP contribution in [0.15, 0.2) is 18.2 Å². The molecule has 1 saturated carbocycles. The molecule has 2 amide bonds. The van der Waals surface area contributed by atoms with Gasteiger partial charge in [0.2, 0.25) is 11.8 Å². The molecule has 7 heteroatoms. The maximum Gasteiger partial charge on any atom is 0.239 e. The Morgan fingerprint density at radius 2 is 2.10 bits per heavy atom. The van der Waals surface area contributed by atoms with Gasteiger partial charge in [0.1, 0.15) is 11.9 Å². The first-order valence-electron chi connectivity index (χ1n) is 6.70. The Kier molecular flexibility index (Phi) is 4.33. The molecule has 112 valence electrons. The van der Waals surface area contributed by atoms with E-state index >= 15 is 0 Å². The second kappa shape index (κ2) is 6.07. The highest BCUT2D eigenvalue weighted by Gasteiger charge is 2.35. The van der Waals surface area contributed by atoms with Gasteiger partial charge in [0.25, 0.3) is 0 Å². The van der Waals surface area contributed by atoms with E-state index in [1.807, 2.05) is 6.07 Å². The lowest BCUT2D eigenvalue weighted by molar-refractivity contribution is -0.133. The minimum Gasteiger partial charge on any atom is -0.352 e. The smallest absolute Gasteiger partial charge is 0.239 e. The fourth-order valence-electron chi connectivity index (χ4n) is 2.22. The van der Waals surface area contributed by atoms with Gasteiger partial charge in [-0.25, -0.2) is 0 Å². The molecule has 2 aliphatic rings. The fourth-order valence-corrected chi connectivity index (χ4v) is 3.71. The minimum absolute atomic E-state index is 0.0259. The van der Waals surface area contributed by atoms with E-state index in [1.54, 1.807) is 17.0 Å². The molecule has 1 saturated heterocycles. The summed E-state index contributed by atoms with van der Waals surface area (Å²) in [6, 6.07) is 5.61. The Hall–Kier alpha value is -0.910. The SMILES string of the molecule is O=C(CN1C(=O)CSC1c1ccc(Cl)c(Cl)c1)NC1CC1. The van der Waals surface area contributed by atoms with Crippen molar-refractivity contribution < 1.29 is 9.59 Å². The highest BCUT2D eigenvalue weighted by atomic mass is 35.5. The third kappa shape index (κ3) is 3.47. The van der Waals surface area contributed by atoms with Crippen molar-refractivity contribution in [3.63, 3.8) is 0 Å². The lowest BCUT2D eigenvalue weighted by atomic mass is 10.2. The molecule has 1 aliphatic heterocycles. The lowest BCUT2D eigenvalue weighted by Crippen LogP contribution is -2.40. The number of rotatable bonds is 4. The molecular formula is C14H14Cl2N2O2S. The van der Waals surface area contributed by atoms with Gasteiger partial charge in [-0.2, -0.15) is 0 Å². The van der Waals surface area contributed by atoms with Gasteiger partial charge in [-0.3, -0.25) is 9.59 Å². The number of halogens is 2. The second-order valence-corrected chi connectivity index (χ2v) is 7.08. The van der Waals surface area contributed by atoms with Crippen LogP contribution >= 0.6 is 35.0 Å². The Morgan fingerprint density at radius 3 is 2.76 bits per heavy atom. The first-order chi connectivity index (χ1) is 10.0. The number of carbonyl (C=O) groups excluding carboxylic acids is 2. The van der Waals surface area contributed by atoms with Gasteiger partial charge in [0, 0.05) is 6.04 Å². The number of nitrogens with one attached hydrogen (secondary N) is 1. The van der Waals surface area contributed by atoms with E-state index < -0.39 is 0 Å². The Morgan fingerprint density at radius 1 is 1.33 bits per heavy atom. The molecule has 0 aromatic heterocycles. The monoisotopic (exact) mass is 344 g/mol. The van der Waals surface area contributed by atoms with Crippen molar-refractivity contribution >= 4 is 46.8 Å². The Balaban J connectivity index is 1.74. The van der Waals surface area contributed by atoms with Gasteiger partial charge in [0.15, 0.2) is 0 Å². The second-order valence-electron chi connectivity index (χ2n) is 5.20. The van der Waals surface area contributed by atoms with Crippen LogP contribution in [-0.2, 0) is 9.59 Å². The maximum atomic E-state index is 12.0.